The molecule has 1 saturated carbocycles. The van der Waals surface area contributed by atoms with E-state index in [1.807, 2.05) is 29.2 Å². The molecule has 2 aromatic carbocycles. The smallest absolute Gasteiger partial charge is 0.268 e. The maximum absolute atomic E-state index is 13.8. The third-order valence-electron chi connectivity index (χ3n) is 6.33. The third-order valence-corrected chi connectivity index (χ3v) is 7.74. The van der Waals surface area contributed by atoms with Gasteiger partial charge in [-0.2, -0.15) is 0 Å². The van der Waals surface area contributed by atoms with Gasteiger partial charge < -0.3 is 9.80 Å². The minimum atomic E-state index is -0.962. The van der Waals surface area contributed by atoms with Crippen LogP contribution < -0.4 is 4.90 Å². The number of nitrogens with zero attached hydrogens (tertiary/aromatic N) is 2. The molecule has 1 aliphatic carbocycles. The Morgan fingerprint density at radius 2 is 1.83 bits per heavy atom. The van der Waals surface area contributed by atoms with Crippen LogP contribution in [0.2, 0.25) is 0 Å². The lowest BCUT2D eigenvalue weighted by atomic mass is 10.0. The van der Waals surface area contributed by atoms with Crippen molar-refractivity contribution in [2.24, 2.45) is 5.92 Å². The lowest BCUT2D eigenvalue weighted by Crippen LogP contribution is -2.51. The molecule has 0 unspecified atom stereocenters. The maximum atomic E-state index is 13.8. The minimum absolute atomic E-state index is 0.0386. The average Bonchev–Trinajstić information content (AvgIpc) is 3.47. The van der Waals surface area contributed by atoms with Gasteiger partial charge in [0.1, 0.15) is 5.82 Å². The number of hydrogen-bond acceptors (Lipinski definition) is 3. The molecule has 2 aromatic rings. The molecule has 5 rings (SSSR count). The van der Waals surface area contributed by atoms with Crippen LogP contribution in [-0.2, 0) is 21.0 Å². The minimum Gasteiger partial charge on any atom is -0.315 e. The Balaban J connectivity index is 1.54. The second-order valence-electron chi connectivity index (χ2n) is 8.00. The fourth-order valence-electron chi connectivity index (χ4n) is 4.91. The van der Waals surface area contributed by atoms with Gasteiger partial charge in [0.05, 0.1) is 12.2 Å². The number of thioether (sulfide) groups is 1. The van der Waals surface area contributed by atoms with E-state index in [1.54, 1.807) is 28.8 Å². The summed E-state index contributed by atoms with van der Waals surface area (Å²) in [6.45, 7) is 0.967. The van der Waals surface area contributed by atoms with E-state index in [0.29, 0.717) is 13.1 Å². The molecule has 2 aliphatic heterocycles. The predicted molar refractivity (Wildman–Crippen MR) is 112 cm³/mol. The Morgan fingerprint density at radius 3 is 2.59 bits per heavy atom. The highest BCUT2D eigenvalue weighted by molar-refractivity contribution is 8.01. The van der Waals surface area contributed by atoms with Crippen LogP contribution in [0, 0.1) is 11.7 Å². The van der Waals surface area contributed by atoms with E-state index in [4.69, 9.17) is 0 Å². The van der Waals surface area contributed by atoms with Gasteiger partial charge in [0.25, 0.3) is 5.91 Å². The summed E-state index contributed by atoms with van der Waals surface area (Å²) in [4.78, 5) is 29.8. The van der Waals surface area contributed by atoms with Crippen molar-refractivity contribution in [1.82, 2.24) is 4.90 Å². The van der Waals surface area contributed by atoms with Crippen LogP contribution in [0.15, 0.2) is 48.5 Å². The van der Waals surface area contributed by atoms with Crippen LogP contribution in [0.25, 0.3) is 0 Å². The highest BCUT2D eigenvalue weighted by atomic mass is 32.2. The van der Waals surface area contributed by atoms with Gasteiger partial charge in [-0.25, -0.2) is 4.39 Å². The van der Waals surface area contributed by atoms with Gasteiger partial charge in [0.2, 0.25) is 5.91 Å². The summed E-state index contributed by atoms with van der Waals surface area (Å²) in [7, 11) is 0. The number of rotatable bonds is 3. The Hall–Kier alpha value is -2.34. The average molecular weight is 411 g/mol. The van der Waals surface area contributed by atoms with E-state index in [0.717, 1.165) is 48.3 Å². The van der Waals surface area contributed by atoms with Crippen molar-refractivity contribution < 1.29 is 14.0 Å². The second-order valence-corrected chi connectivity index (χ2v) is 9.29. The predicted octanol–water partition coefficient (Wildman–Crippen LogP) is 4.29. The summed E-state index contributed by atoms with van der Waals surface area (Å²) in [5.41, 5.74) is 2.62. The quantitative estimate of drug-likeness (QED) is 0.758. The fraction of sp³-hybridized carbons (Fsp3) is 0.391. The van der Waals surface area contributed by atoms with Gasteiger partial charge in [-0.05, 0) is 36.6 Å². The first kappa shape index (κ1) is 18.7. The Bertz CT molecular complexity index is 958. The van der Waals surface area contributed by atoms with Crippen molar-refractivity contribution >= 4 is 29.3 Å². The molecule has 6 heteroatoms. The zero-order chi connectivity index (χ0) is 20.0. The molecule has 3 aliphatic rings. The molecule has 2 heterocycles. The van der Waals surface area contributed by atoms with Crippen LogP contribution in [0.4, 0.5) is 10.1 Å². The lowest BCUT2D eigenvalue weighted by Gasteiger charge is -2.34. The zero-order valence-electron chi connectivity index (χ0n) is 16.1. The van der Waals surface area contributed by atoms with Crippen LogP contribution in [0.5, 0.6) is 0 Å². The molecule has 0 bridgehead atoms. The number of halogens is 1. The molecular weight excluding hydrogens is 387 g/mol. The first-order valence-electron chi connectivity index (χ1n) is 10.2. The Morgan fingerprint density at radius 1 is 1.10 bits per heavy atom. The summed E-state index contributed by atoms with van der Waals surface area (Å²) < 4.78 is 13.3. The summed E-state index contributed by atoms with van der Waals surface area (Å²) in [5, 5.41) is 0. The first-order chi connectivity index (χ1) is 14.1. The molecule has 4 nitrogen and oxygen atoms in total. The van der Waals surface area contributed by atoms with E-state index in [2.05, 4.69) is 0 Å². The fourth-order valence-corrected chi connectivity index (χ4v) is 6.38. The van der Waals surface area contributed by atoms with Gasteiger partial charge in [0.15, 0.2) is 4.87 Å². The lowest BCUT2D eigenvalue weighted by molar-refractivity contribution is -0.143. The van der Waals surface area contributed by atoms with E-state index >= 15 is 0 Å². The summed E-state index contributed by atoms with van der Waals surface area (Å²) in [5.74, 6) is 0.564. The number of amides is 2. The molecule has 0 radical (unpaired) electrons. The van der Waals surface area contributed by atoms with E-state index < -0.39 is 4.87 Å². The Labute approximate surface area is 174 Å². The highest BCUT2D eigenvalue weighted by Crippen LogP contribution is 2.55. The highest BCUT2D eigenvalue weighted by Gasteiger charge is 2.59. The number of fused-ring (bicyclic) bond motifs is 2. The number of carbonyl (C=O) groups excluding carboxylic acids is 2. The van der Waals surface area contributed by atoms with Crippen molar-refractivity contribution in [3.05, 3.63) is 65.5 Å². The first-order valence-corrected chi connectivity index (χ1v) is 11.2. The van der Waals surface area contributed by atoms with E-state index in [-0.39, 0.29) is 23.5 Å². The molecule has 150 valence electrons. The summed E-state index contributed by atoms with van der Waals surface area (Å²) in [6, 6.07) is 14.0. The number of carbonyl (C=O) groups is 2. The van der Waals surface area contributed by atoms with Crippen LogP contribution >= 0.6 is 11.8 Å². The van der Waals surface area contributed by atoms with Crippen LogP contribution in [0.1, 0.15) is 36.8 Å². The number of benzene rings is 2. The SMILES string of the molecule is O=C(C1CCCC1)N1CCS[C@]12C(=O)N(Cc1ccc(F)cc1)c1ccccc12. The largest absolute Gasteiger partial charge is 0.315 e. The second kappa shape index (κ2) is 7.17. The normalized spacial score (nSPS) is 24.0. The molecule has 1 spiro atoms. The van der Waals surface area contributed by atoms with Gasteiger partial charge in [-0.15, -0.1) is 11.8 Å². The molecular formula is C23H23FN2O2S. The van der Waals surface area contributed by atoms with Crippen LogP contribution in [-0.4, -0.2) is 29.0 Å². The maximum Gasteiger partial charge on any atom is 0.268 e. The van der Waals surface area contributed by atoms with Crippen molar-refractivity contribution in [3.63, 3.8) is 0 Å². The van der Waals surface area contributed by atoms with Crippen molar-refractivity contribution in [1.29, 1.82) is 0 Å². The van der Waals surface area contributed by atoms with Gasteiger partial charge >= 0.3 is 0 Å². The standard InChI is InChI=1S/C23H23FN2O2S/c24-18-11-9-16(10-12-18)15-25-20-8-4-3-7-19(20)23(22(25)28)26(13-14-29-23)21(27)17-5-1-2-6-17/h3-4,7-12,17H,1-2,5-6,13-15H2/t23-/m1/s1. The van der Waals surface area contributed by atoms with Gasteiger partial charge in [0, 0.05) is 23.8 Å². The third kappa shape index (κ3) is 2.88. The molecule has 1 atom stereocenters. The summed E-state index contributed by atoms with van der Waals surface area (Å²) >= 11 is 1.57. The number of anilines is 1. The van der Waals surface area contributed by atoms with Crippen LogP contribution in [0.3, 0.4) is 0 Å². The van der Waals surface area contributed by atoms with E-state index in [1.165, 1.54) is 12.1 Å². The molecule has 1 saturated heterocycles. The van der Waals surface area contributed by atoms with Gasteiger partial charge in [-0.3, -0.25) is 9.59 Å². The monoisotopic (exact) mass is 410 g/mol. The van der Waals surface area contributed by atoms with E-state index in [9.17, 15) is 14.0 Å². The molecule has 29 heavy (non-hydrogen) atoms. The zero-order valence-corrected chi connectivity index (χ0v) is 17.0. The topological polar surface area (TPSA) is 40.6 Å². The van der Waals surface area contributed by atoms with Crippen molar-refractivity contribution in [3.8, 4) is 0 Å². The van der Waals surface area contributed by atoms with Crippen molar-refractivity contribution in [2.75, 3.05) is 17.2 Å². The molecule has 2 amide bonds. The van der Waals surface area contributed by atoms with Gasteiger partial charge in [-0.1, -0.05) is 43.2 Å². The Kier molecular flexibility index (Phi) is 4.62. The van der Waals surface area contributed by atoms with Crippen molar-refractivity contribution in [2.45, 2.75) is 37.1 Å². The molecule has 2 fully saturated rings. The number of hydrogen-bond donors (Lipinski definition) is 0. The molecule has 0 N–H and O–H groups in total. The summed E-state index contributed by atoms with van der Waals surface area (Å²) in [6.07, 6.45) is 4.02. The molecule has 0 aromatic heterocycles. The number of para-hydroxylation sites is 1.